The van der Waals surface area contributed by atoms with E-state index in [1.807, 2.05) is 45.9 Å². The summed E-state index contributed by atoms with van der Waals surface area (Å²) in [7, 11) is 0. The van der Waals surface area contributed by atoms with Crippen molar-refractivity contribution in [3.8, 4) is 0 Å². The van der Waals surface area contributed by atoms with Gasteiger partial charge in [-0.3, -0.25) is 0 Å². The molecule has 0 amide bonds. The maximum absolute atomic E-state index is 9.76. The standard InChI is InChI=1S/C14H23NO2/c1-11-6-5-7-12(8-11)15-9-13(16)10-17-14(2,3)4/h5-8,13,15-16H,9-10H2,1-4H3. The highest BCUT2D eigenvalue weighted by Gasteiger charge is 2.13. The van der Waals surface area contributed by atoms with Crippen LogP contribution >= 0.6 is 0 Å². The van der Waals surface area contributed by atoms with E-state index in [1.54, 1.807) is 0 Å². The van der Waals surface area contributed by atoms with Gasteiger partial charge >= 0.3 is 0 Å². The van der Waals surface area contributed by atoms with E-state index in [9.17, 15) is 5.11 Å². The molecule has 1 atom stereocenters. The molecule has 0 spiro atoms. The third-order valence-corrected chi connectivity index (χ3v) is 2.27. The molecule has 17 heavy (non-hydrogen) atoms. The monoisotopic (exact) mass is 237 g/mol. The maximum Gasteiger partial charge on any atom is 0.0945 e. The van der Waals surface area contributed by atoms with Crippen molar-refractivity contribution in [2.24, 2.45) is 0 Å². The molecule has 0 fully saturated rings. The van der Waals surface area contributed by atoms with Gasteiger partial charge in [-0.05, 0) is 45.4 Å². The van der Waals surface area contributed by atoms with E-state index >= 15 is 0 Å². The number of aryl methyl sites for hydroxylation is 1. The summed E-state index contributed by atoms with van der Waals surface area (Å²) in [6.07, 6.45) is -0.491. The van der Waals surface area contributed by atoms with E-state index < -0.39 is 6.10 Å². The molecule has 0 radical (unpaired) electrons. The number of benzene rings is 1. The smallest absolute Gasteiger partial charge is 0.0945 e. The van der Waals surface area contributed by atoms with E-state index in [1.165, 1.54) is 5.56 Å². The Morgan fingerprint density at radius 2 is 2.06 bits per heavy atom. The van der Waals surface area contributed by atoms with Crippen LogP contribution in [0.1, 0.15) is 26.3 Å². The van der Waals surface area contributed by atoms with Crippen LogP contribution in [0, 0.1) is 6.92 Å². The van der Waals surface area contributed by atoms with Crippen LogP contribution in [-0.2, 0) is 4.74 Å². The topological polar surface area (TPSA) is 41.5 Å². The molecule has 3 heteroatoms. The van der Waals surface area contributed by atoms with Crippen molar-refractivity contribution in [3.05, 3.63) is 29.8 Å². The summed E-state index contributed by atoms with van der Waals surface area (Å²) in [5, 5.41) is 12.9. The average Bonchev–Trinajstić information content (AvgIpc) is 2.23. The number of nitrogens with one attached hydrogen (secondary N) is 1. The van der Waals surface area contributed by atoms with Gasteiger partial charge in [-0.25, -0.2) is 0 Å². The van der Waals surface area contributed by atoms with Gasteiger partial charge in [-0.1, -0.05) is 12.1 Å². The molecule has 1 unspecified atom stereocenters. The fraction of sp³-hybridized carbons (Fsp3) is 0.571. The molecule has 0 saturated carbocycles. The molecule has 2 N–H and O–H groups in total. The van der Waals surface area contributed by atoms with Crippen molar-refractivity contribution in [1.82, 2.24) is 0 Å². The molecule has 0 aliphatic rings. The minimum Gasteiger partial charge on any atom is -0.389 e. The third kappa shape index (κ3) is 6.29. The Morgan fingerprint density at radius 3 is 2.65 bits per heavy atom. The van der Waals surface area contributed by atoms with Crippen LogP contribution in [0.5, 0.6) is 0 Å². The molecule has 0 heterocycles. The summed E-state index contributed by atoms with van der Waals surface area (Å²) in [6.45, 7) is 8.83. The van der Waals surface area contributed by atoms with Gasteiger partial charge in [-0.2, -0.15) is 0 Å². The fourth-order valence-corrected chi connectivity index (χ4v) is 1.40. The largest absolute Gasteiger partial charge is 0.389 e. The lowest BCUT2D eigenvalue weighted by Gasteiger charge is -2.22. The van der Waals surface area contributed by atoms with Crippen LogP contribution in [0.2, 0.25) is 0 Å². The van der Waals surface area contributed by atoms with Crippen LogP contribution in [0.3, 0.4) is 0 Å². The number of hydrogen-bond acceptors (Lipinski definition) is 3. The quantitative estimate of drug-likeness (QED) is 0.827. The number of ether oxygens (including phenoxy) is 1. The average molecular weight is 237 g/mol. The normalized spacial score (nSPS) is 13.5. The Labute approximate surface area is 104 Å². The predicted molar refractivity (Wildman–Crippen MR) is 71.4 cm³/mol. The van der Waals surface area contributed by atoms with E-state index in [0.29, 0.717) is 13.2 Å². The predicted octanol–water partition coefficient (Wildman–Crippen LogP) is 2.58. The Hall–Kier alpha value is -1.06. The lowest BCUT2D eigenvalue weighted by Crippen LogP contribution is -2.30. The van der Waals surface area contributed by atoms with Gasteiger partial charge < -0.3 is 15.2 Å². The van der Waals surface area contributed by atoms with Gasteiger partial charge in [0.15, 0.2) is 0 Å². The molecule has 96 valence electrons. The zero-order valence-corrected chi connectivity index (χ0v) is 11.2. The van der Waals surface area contributed by atoms with Gasteiger partial charge in [0.1, 0.15) is 0 Å². The summed E-state index contributed by atoms with van der Waals surface area (Å²) in [6, 6.07) is 8.09. The first-order valence-corrected chi connectivity index (χ1v) is 5.99. The fourth-order valence-electron chi connectivity index (χ4n) is 1.40. The highest BCUT2D eigenvalue weighted by Crippen LogP contribution is 2.10. The minimum absolute atomic E-state index is 0.204. The molecule has 3 nitrogen and oxygen atoms in total. The molecule has 0 aromatic heterocycles. The second-order valence-electron chi connectivity index (χ2n) is 5.33. The molecule has 0 saturated heterocycles. The van der Waals surface area contributed by atoms with E-state index in [-0.39, 0.29) is 5.60 Å². The summed E-state index contributed by atoms with van der Waals surface area (Å²) in [5.41, 5.74) is 2.03. The van der Waals surface area contributed by atoms with Crippen LogP contribution in [0.15, 0.2) is 24.3 Å². The van der Waals surface area contributed by atoms with Gasteiger partial charge in [-0.15, -0.1) is 0 Å². The summed E-state index contributed by atoms with van der Waals surface area (Å²) < 4.78 is 5.51. The van der Waals surface area contributed by atoms with Gasteiger partial charge in [0.05, 0.1) is 18.3 Å². The zero-order chi connectivity index (χ0) is 12.9. The van der Waals surface area contributed by atoms with E-state index in [0.717, 1.165) is 5.69 Å². The first kappa shape index (κ1) is 14.0. The first-order valence-electron chi connectivity index (χ1n) is 5.99. The third-order valence-electron chi connectivity index (χ3n) is 2.27. The molecular weight excluding hydrogens is 214 g/mol. The lowest BCUT2D eigenvalue weighted by molar-refractivity contribution is -0.0449. The summed E-state index contributed by atoms with van der Waals surface area (Å²) in [4.78, 5) is 0. The highest BCUT2D eigenvalue weighted by molar-refractivity contribution is 5.45. The van der Waals surface area contributed by atoms with E-state index in [4.69, 9.17) is 4.74 Å². The van der Waals surface area contributed by atoms with Crippen molar-refractivity contribution in [3.63, 3.8) is 0 Å². The van der Waals surface area contributed by atoms with Crippen molar-refractivity contribution in [2.45, 2.75) is 39.4 Å². The zero-order valence-electron chi connectivity index (χ0n) is 11.2. The number of rotatable bonds is 5. The van der Waals surface area contributed by atoms with Crippen LogP contribution < -0.4 is 5.32 Å². The van der Waals surface area contributed by atoms with Gasteiger partial charge in [0.2, 0.25) is 0 Å². The lowest BCUT2D eigenvalue weighted by atomic mass is 10.2. The molecule has 0 aliphatic carbocycles. The Bertz CT molecular complexity index is 344. The number of anilines is 1. The number of aliphatic hydroxyl groups excluding tert-OH is 1. The molecular formula is C14H23NO2. The minimum atomic E-state index is -0.491. The molecule has 1 aromatic rings. The van der Waals surface area contributed by atoms with Crippen LogP contribution in [0.4, 0.5) is 5.69 Å². The second kappa shape index (κ2) is 6.03. The Balaban J connectivity index is 2.31. The Morgan fingerprint density at radius 1 is 1.35 bits per heavy atom. The first-order chi connectivity index (χ1) is 7.87. The second-order valence-corrected chi connectivity index (χ2v) is 5.33. The Kier molecular flexibility index (Phi) is 4.97. The van der Waals surface area contributed by atoms with Crippen LogP contribution in [-0.4, -0.2) is 30.0 Å². The highest BCUT2D eigenvalue weighted by atomic mass is 16.5. The molecule has 0 bridgehead atoms. The van der Waals surface area contributed by atoms with Crippen LogP contribution in [0.25, 0.3) is 0 Å². The molecule has 0 aliphatic heterocycles. The number of hydrogen-bond donors (Lipinski definition) is 2. The van der Waals surface area contributed by atoms with Crippen molar-refractivity contribution >= 4 is 5.69 Å². The van der Waals surface area contributed by atoms with E-state index in [2.05, 4.69) is 11.4 Å². The van der Waals surface area contributed by atoms with Gasteiger partial charge in [0.25, 0.3) is 0 Å². The molecule has 1 rings (SSSR count). The van der Waals surface area contributed by atoms with Crippen molar-refractivity contribution < 1.29 is 9.84 Å². The number of aliphatic hydroxyl groups is 1. The van der Waals surface area contributed by atoms with Gasteiger partial charge in [0, 0.05) is 12.2 Å². The summed E-state index contributed by atoms with van der Waals surface area (Å²) >= 11 is 0. The maximum atomic E-state index is 9.76. The van der Waals surface area contributed by atoms with Crippen molar-refractivity contribution in [1.29, 1.82) is 0 Å². The molecule has 1 aromatic carbocycles. The van der Waals surface area contributed by atoms with Crippen molar-refractivity contribution in [2.75, 3.05) is 18.5 Å². The SMILES string of the molecule is Cc1cccc(NCC(O)COC(C)(C)C)c1. The summed E-state index contributed by atoms with van der Waals surface area (Å²) in [5.74, 6) is 0.